The molecule has 0 spiro atoms. The Bertz CT molecular complexity index is 998. The maximum atomic E-state index is 12.4. The number of rotatable bonds is 7. The van der Waals surface area contributed by atoms with Gasteiger partial charge in [0.25, 0.3) is 0 Å². The number of ether oxygens (including phenoxy) is 1. The first-order valence-electron chi connectivity index (χ1n) is 8.96. The summed E-state index contributed by atoms with van der Waals surface area (Å²) in [5, 5.41) is 13.8. The number of carbonyl (C=O) groups excluding carboxylic acids is 2. The molecule has 0 bridgehead atoms. The second-order valence-electron chi connectivity index (χ2n) is 6.18. The normalized spacial score (nSPS) is 10.8. The molecule has 8 heteroatoms. The molecule has 0 radical (unpaired) electrons. The predicted molar refractivity (Wildman–Crippen MR) is 105 cm³/mol. The molecule has 28 heavy (non-hydrogen) atoms. The van der Waals surface area contributed by atoms with E-state index in [0.717, 1.165) is 5.56 Å². The van der Waals surface area contributed by atoms with E-state index in [1.54, 1.807) is 13.0 Å². The van der Waals surface area contributed by atoms with Crippen molar-refractivity contribution in [2.75, 3.05) is 18.9 Å². The van der Waals surface area contributed by atoms with Crippen LogP contribution in [0.2, 0.25) is 0 Å². The second kappa shape index (κ2) is 8.43. The number of hydrogen-bond acceptors (Lipinski definition) is 6. The van der Waals surface area contributed by atoms with E-state index in [1.165, 1.54) is 10.8 Å². The van der Waals surface area contributed by atoms with E-state index in [2.05, 4.69) is 10.3 Å². The summed E-state index contributed by atoms with van der Waals surface area (Å²) in [7, 11) is 0. The minimum atomic E-state index is -0.682. The van der Waals surface area contributed by atoms with Crippen molar-refractivity contribution in [3.63, 3.8) is 0 Å². The molecule has 0 aliphatic heterocycles. The Balaban J connectivity index is 1.81. The molecule has 2 aromatic heterocycles. The number of nitrogens with two attached hydrogens (primary N) is 1. The van der Waals surface area contributed by atoms with Crippen LogP contribution in [0.25, 0.3) is 10.9 Å². The highest BCUT2D eigenvalue weighted by atomic mass is 16.5. The highest BCUT2D eigenvalue weighted by Gasteiger charge is 2.26. The van der Waals surface area contributed by atoms with Gasteiger partial charge in [0.1, 0.15) is 17.9 Å². The van der Waals surface area contributed by atoms with Crippen molar-refractivity contribution in [1.82, 2.24) is 14.9 Å². The van der Waals surface area contributed by atoms with E-state index in [0.29, 0.717) is 23.9 Å². The van der Waals surface area contributed by atoms with E-state index in [9.17, 15) is 14.7 Å². The van der Waals surface area contributed by atoms with Crippen LogP contribution < -0.4 is 11.1 Å². The van der Waals surface area contributed by atoms with Crippen LogP contribution >= 0.6 is 0 Å². The van der Waals surface area contributed by atoms with Gasteiger partial charge in [-0.25, -0.2) is 9.78 Å². The van der Waals surface area contributed by atoms with Gasteiger partial charge < -0.3 is 20.9 Å². The van der Waals surface area contributed by atoms with Crippen molar-refractivity contribution in [1.29, 1.82) is 0 Å². The molecule has 3 rings (SSSR count). The lowest BCUT2D eigenvalue weighted by Crippen LogP contribution is -2.29. The first-order chi connectivity index (χ1) is 13.5. The average molecular weight is 382 g/mol. The maximum Gasteiger partial charge on any atom is 0.344 e. The van der Waals surface area contributed by atoms with Gasteiger partial charge >= 0.3 is 5.97 Å². The molecule has 146 valence electrons. The molecular formula is C20H22N4O4. The summed E-state index contributed by atoms with van der Waals surface area (Å²) in [6.07, 6.45) is 2.12. The molecule has 0 aliphatic rings. The molecule has 3 aromatic rings. The van der Waals surface area contributed by atoms with Crippen LogP contribution in [0.5, 0.6) is 5.88 Å². The van der Waals surface area contributed by atoms with Crippen molar-refractivity contribution in [2.24, 2.45) is 0 Å². The van der Waals surface area contributed by atoms with Crippen LogP contribution in [0.3, 0.4) is 0 Å². The van der Waals surface area contributed by atoms with E-state index < -0.39 is 5.97 Å². The minimum absolute atomic E-state index is 0.0250. The van der Waals surface area contributed by atoms with Crippen molar-refractivity contribution < 1.29 is 19.4 Å². The number of pyridine rings is 1. The number of nitrogens with one attached hydrogen (secondary N) is 1. The molecule has 4 N–H and O–H groups in total. The van der Waals surface area contributed by atoms with Crippen LogP contribution in [-0.2, 0) is 22.5 Å². The largest absolute Gasteiger partial charge is 0.494 e. The summed E-state index contributed by atoms with van der Waals surface area (Å²) in [4.78, 5) is 28.7. The van der Waals surface area contributed by atoms with Gasteiger partial charge in [-0.05, 0) is 25.0 Å². The number of hydrogen-bond donors (Lipinski definition) is 3. The van der Waals surface area contributed by atoms with Crippen LogP contribution in [0.15, 0.2) is 42.6 Å². The number of fused-ring (bicyclic) bond motifs is 1. The molecule has 8 nitrogen and oxygen atoms in total. The number of aromatic nitrogens is 2. The zero-order valence-corrected chi connectivity index (χ0v) is 15.5. The molecule has 0 atom stereocenters. The third-order valence-electron chi connectivity index (χ3n) is 4.33. The summed E-state index contributed by atoms with van der Waals surface area (Å²) >= 11 is 0. The van der Waals surface area contributed by atoms with Gasteiger partial charge in [0, 0.05) is 18.1 Å². The topological polar surface area (TPSA) is 119 Å². The van der Waals surface area contributed by atoms with Crippen LogP contribution in [0.1, 0.15) is 22.8 Å². The van der Waals surface area contributed by atoms with Gasteiger partial charge in [-0.15, -0.1) is 0 Å². The monoisotopic (exact) mass is 382 g/mol. The summed E-state index contributed by atoms with van der Waals surface area (Å²) in [5.41, 5.74) is 7.34. The molecule has 0 fully saturated rings. The first-order valence-corrected chi connectivity index (χ1v) is 8.96. The fourth-order valence-electron chi connectivity index (χ4n) is 3.07. The molecule has 0 unspecified atom stereocenters. The lowest BCUT2D eigenvalue weighted by Gasteiger charge is -2.09. The third kappa shape index (κ3) is 3.90. The van der Waals surface area contributed by atoms with Crippen LogP contribution in [0.4, 0.5) is 5.82 Å². The molecular weight excluding hydrogens is 360 g/mol. The number of carbonyl (C=O) groups is 2. The Labute approximate surface area is 161 Å². The average Bonchev–Trinajstić information content (AvgIpc) is 2.95. The highest BCUT2D eigenvalue weighted by Crippen LogP contribution is 2.34. The number of anilines is 1. The Hall–Kier alpha value is -3.55. The van der Waals surface area contributed by atoms with Gasteiger partial charge in [-0.2, -0.15) is 0 Å². The number of nitrogen functional groups attached to an aromatic ring is 1. The summed E-state index contributed by atoms with van der Waals surface area (Å²) in [5.74, 6) is -1.26. The predicted octanol–water partition coefficient (Wildman–Crippen LogP) is 1.86. The fourth-order valence-corrected chi connectivity index (χ4v) is 3.07. The van der Waals surface area contributed by atoms with Gasteiger partial charge in [0.05, 0.1) is 12.1 Å². The van der Waals surface area contributed by atoms with Gasteiger partial charge in [0.15, 0.2) is 0 Å². The Morgan fingerprint density at radius 3 is 2.71 bits per heavy atom. The SMILES string of the molecule is CCOC(=O)c1c(O)n(CC(=O)NCCc2ccccc2)c2c(N)nccc12. The van der Waals surface area contributed by atoms with Crippen molar-refractivity contribution in [2.45, 2.75) is 19.9 Å². The van der Waals surface area contributed by atoms with E-state index in [4.69, 9.17) is 10.5 Å². The van der Waals surface area contributed by atoms with Crippen LogP contribution in [0, 0.1) is 0 Å². The molecule has 1 amide bonds. The molecule has 2 heterocycles. The number of amides is 1. The van der Waals surface area contributed by atoms with E-state index in [1.807, 2.05) is 30.3 Å². The number of esters is 1. The first kappa shape index (κ1) is 19.2. The Kier molecular flexibility index (Phi) is 5.78. The standard InChI is InChI=1S/C20H22N4O4/c1-2-28-20(27)16-14-9-11-23-18(21)17(14)24(19(16)26)12-15(25)22-10-8-13-6-4-3-5-7-13/h3-7,9,11,26H,2,8,10,12H2,1H3,(H2,21,23)(H,22,25). The minimum Gasteiger partial charge on any atom is -0.494 e. The zero-order valence-electron chi connectivity index (χ0n) is 15.5. The Morgan fingerprint density at radius 1 is 1.25 bits per heavy atom. The van der Waals surface area contributed by atoms with Gasteiger partial charge in [-0.3, -0.25) is 9.36 Å². The smallest absolute Gasteiger partial charge is 0.344 e. The summed E-state index contributed by atoms with van der Waals surface area (Å²) < 4.78 is 6.29. The second-order valence-corrected chi connectivity index (χ2v) is 6.18. The van der Waals surface area contributed by atoms with E-state index >= 15 is 0 Å². The zero-order chi connectivity index (χ0) is 20.1. The summed E-state index contributed by atoms with van der Waals surface area (Å²) in [6, 6.07) is 11.3. The Morgan fingerprint density at radius 2 is 2.00 bits per heavy atom. The van der Waals surface area contributed by atoms with E-state index in [-0.39, 0.29) is 36.3 Å². The number of benzene rings is 1. The molecule has 0 aliphatic carbocycles. The van der Waals surface area contributed by atoms with Gasteiger partial charge in [-0.1, -0.05) is 30.3 Å². The lowest BCUT2D eigenvalue weighted by molar-refractivity contribution is -0.121. The maximum absolute atomic E-state index is 12.4. The third-order valence-corrected chi connectivity index (χ3v) is 4.33. The van der Waals surface area contributed by atoms with Crippen molar-refractivity contribution >= 4 is 28.6 Å². The molecule has 1 aromatic carbocycles. The quantitative estimate of drug-likeness (QED) is 0.537. The summed E-state index contributed by atoms with van der Waals surface area (Å²) in [6.45, 7) is 2.07. The molecule has 0 saturated heterocycles. The van der Waals surface area contributed by atoms with Crippen molar-refractivity contribution in [3.05, 3.63) is 53.7 Å². The molecule has 0 saturated carbocycles. The fraction of sp³-hybridized carbons (Fsp3) is 0.250. The lowest BCUT2D eigenvalue weighted by atomic mass is 10.1. The number of nitrogens with zero attached hydrogens (tertiary/aromatic N) is 2. The number of aromatic hydroxyl groups is 1. The highest BCUT2D eigenvalue weighted by molar-refractivity contribution is 6.09. The van der Waals surface area contributed by atoms with Gasteiger partial charge in [0.2, 0.25) is 11.8 Å². The van der Waals surface area contributed by atoms with Crippen molar-refractivity contribution in [3.8, 4) is 5.88 Å². The van der Waals surface area contributed by atoms with Crippen LogP contribution in [-0.4, -0.2) is 39.7 Å².